The fourth-order valence-electron chi connectivity index (χ4n) is 2.93. The molecule has 6 heteroatoms. The van der Waals surface area contributed by atoms with E-state index in [0.717, 1.165) is 27.7 Å². The maximum atomic E-state index is 12.8. The maximum Gasteiger partial charge on any atom is 0.255 e. The number of pyridine rings is 1. The van der Waals surface area contributed by atoms with E-state index in [-0.39, 0.29) is 5.91 Å². The number of hydrogen-bond donors (Lipinski definition) is 0. The van der Waals surface area contributed by atoms with Crippen LogP contribution < -0.4 is 4.90 Å². The van der Waals surface area contributed by atoms with Gasteiger partial charge in [0.15, 0.2) is 0 Å². The fraction of sp³-hybridized carbons (Fsp3) is 0.176. The van der Waals surface area contributed by atoms with Crippen molar-refractivity contribution in [1.82, 2.24) is 14.8 Å². The van der Waals surface area contributed by atoms with Gasteiger partial charge in [-0.15, -0.1) is 5.73 Å². The summed E-state index contributed by atoms with van der Waals surface area (Å²) in [4.78, 5) is 18.8. The van der Waals surface area contributed by atoms with E-state index in [1.54, 1.807) is 40.3 Å². The van der Waals surface area contributed by atoms with Crippen LogP contribution in [0, 0.1) is 0 Å². The van der Waals surface area contributed by atoms with Crippen LogP contribution in [0.25, 0.3) is 10.9 Å². The number of aryl methyl sites for hydroxylation is 1. The first-order valence-electron chi connectivity index (χ1n) is 7.23. The molecule has 0 unspecified atom stereocenters. The Morgan fingerprint density at radius 1 is 1.30 bits per heavy atom. The predicted octanol–water partition coefficient (Wildman–Crippen LogP) is 2.85. The largest absolute Gasteiger partial charge is 0.302 e. The molecule has 4 rings (SSSR count). The Hall–Kier alpha value is -2.62. The highest BCUT2D eigenvalue weighted by Crippen LogP contribution is 2.33. The normalized spacial score (nSPS) is 19.0. The molecule has 0 fully saturated rings. The van der Waals surface area contributed by atoms with E-state index in [1.165, 1.54) is 0 Å². The van der Waals surface area contributed by atoms with Crippen molar-refractivity contribution in [2.45, 2.75) is 6.42 Å². The Kier molecular flexibility index (Phi) is 3.18. The second-order valence-electron chi connectivity index (χ2n) is 5.50. The zero-order chi connectivity index (χ0) is 16.0. The quantitative estimate of drug-likeness (QED) is 0.758. The number of rotatable bonds is 1. The number of amides is 1. The van der Waals surface area contributed by atoms with Gasteiger partial charge >= 0.3 is 0 Å². The number of carbonyl (C=O) groups is 1. The first-order chi connectivity index (χ1) is 11.1. The molecule has 0 bridgehead atoms. The van der Waals surface area contributed by atoms with E-state index in [2.05, 4.69) is 15.8 Å². The highest BCUT2D eigenvalue weighted by molar-refractivity contribution is 6.31. The lowest BCUT2D eigenvalue weighted by molar-refractivity contribution is -0.114. The summed E-state index contributed by atoms with van der Waals surface area (Å²) < 4.78 is 1.75. The highest BCUT2D eigenvalue weighted by atomic mass is 35.5. The van der Waals surface area contributed by atoms with Crippen molar-refractivity contribution in [3.63, 3.8) is 0 Å². The standard InChI is InChI=1S/C17H13ClN4O/c1-21-15-8-19-9-16(14(15)7-20-21)22-10-11-5-6-12(18)3-2-4-13(11)17(22)23/h2-3,5,7-9H,4,10H2,1H3/b3-2-. The molecule has 114 valence electrons. The number of halogens is 1. The van der Waals surface area contributed by atoms with Crippen LogP contribution >= 0.6 is 11.6 Å². The fourth-order valence-corrected chi connectivity index (χ4v) is 3.07. The smallest absolute Gasteiger partial charge is 0.255 e. The zero-order valence-electron chi connectivity index (χ0n) is 12.5. The molecule has 0 atom stereocenters. The minimum absolute atomic E-state index is 0.00104. The van der Waals surface area contributed by atoms with Crippen LogP contribution in [0.5, 0.6) is 0 Å². The summed E-state index contributed by atoms with van der Waals surface area (Å²) in [6, 6.07) is 0. The highest BCUT2D eigenvalue weighted by Gasteiger charge is 2.31. The molecular formula is C17H13ClN4O. The first kappa shape index (κ1) is 14.0. The summed E-state index contributed by atoms with van der Waals surface area (Å²) in [6.45, 7) is 0.495. The van der Waals surface area contributed by atoms with Crippen molar-refractivity contribution in [3.8, 4) is 0 Å². The van der Waals surface area contributed by atoms with E-state index < -0.39 is 0 Å². The number of allylic oxidation sites excluding steroid dienone is 2. The number of hydrogen-bond acceptors (Lipinski definition) is 3. The molecule has 1 amide bonds. The third kappa shape index (κ3) is 2.22. The van der Waals surface area contributed by atoms with Crippen LogP contribution in [0.1, 0.15) is 6.42 Å². The Morgan fingerprint density at radius 3 is 3.04 bits per heavy atom. The molecule has 2 aromatic rings. The minimum Gasteiger partial charge on any atom is -0.302 e. The maximum absolute atomic E-state index is 12.8. The van der Waals surface area contributed by atoms with E-state index in [1.807, 2.05) is 13.1 Å². The summed E-state index contributed by atoms with van der Waals surface area (Å²) >= 11 is 6.00. The van der Waals surface area contributed by atoms with Gasteiger partial charge in [-0.05, 0) is 24.1 Å². The van der Waals surface area contributed by atoms with Gasteiger partial charge in [0, 0.05) is 18.0 Å². The van der Waals surface area contributed by atoms with E-state index in [0.29, 0.717) is 18.0 Å². The molecule has 3 heterocycles. The summed E-state index contributed by atoms with van der Waals surface area (Å²) in [5.74, 6) is -0.00104. The SMILES string of the molecule is Cn1ncc2c(N3CC4=C(C/C=C\C(Cl)=C=C4)C3=O)cncc21. The molecule has 0 saturated carbocycles. The zero-order valence-corrected chi connectivity index (χ0v) is 13.2. The molecule has 0 aromatic carbocycles. The van der Waals surface area contributed by atoms with Gasteiger partial charge in [-0.3, -0.25) is 14.5 Å². The Morgan fingerprint density at radius 2 is 2.17 bits per heavy atom. The third-order valence-electron chi connectivity index (χ3n) is 4.13. The lowest BCUT2D eigenvalue weighted by Gasteiger charge is -2.17. The van der Waals surface area contributed by atoms with Gasteiger partial charge in [0.25, 0.3) is 5.91 Å². The van der Waals surface area contributed by atoms with Crippen molar-refractivity contribution in [1.29, 1.82) is 0 Å². The monoisotopic (exact) mass is 324 g/mol. The van der Waals surface area contributed by atoms with Gasteiger partial charge in [-0.2, -0.15) is 5.10 Å². The second-order valence-corrected chi connectivity index (χ2v) is 5.90. The average molecular weight is 325 g/mol. The first-order valence-corrected chi connectivity index (χ1v) is 7.61. The van der Waals surface area contributed by atoms with Gasteiger partial charge < -0.3 is 4.90 Å². The van der Waals surface area contributed by atoms with Crippen LogP contribution in [0.4, 0.5) is 5.69 Å². The van der Waals surface area contributed by atoms with Crippen LogP contribution in [-0.4, -0.2) is 27.2 Å². The van der Waals surface area contributed by atoms with Crippen molar-refractivity contribution < 1.29 is 4.79 Å². The molecule has 23 heavy (non-hydrogen) atoms. The lowest BCUT2D eigenvalue weighted by Crippen LogP contribution is -2.27. The van der Waals surface area contributed by atoms with Crippen LogP contribution in [-0.2, 0) is 11.8 Å². The van der Waals surface area contributed by atoms with Gasteiger partial charge in [0.1, 0.15) is 0 Å². The van der Waals surface area contributed by atoms with Gasteiger partial charge in [-0.1, -0.05) is 17.7 Å². The molecule has 0 radical (unpaired) electrons. The van der Waals surface area contributed by atoms with Crippen molar-refractivity contribution in [3.05, 3.63) is 58.7 Å². The van der Waals surface area contributed by atoms with E-state index in [9.17, 15) is 4.79 Å². The molecule has 2 aromatic heterocycles. The molecule has 5 nitrogen and oxygen atoms in total. The van der Waals surface area contributed by atoms with Gasteiger partial charge in [-0.25, -0.2) is 0 Å². The van der Waals surface area contributed by atoms with Crippen molar-refractivity contribution in [2.75, 3.05) is 11.4 Å². The summed E-state index contributed by atoms with van der Waals surface area (Å²) in [5, 5.41) is 5.71. The molecule has 0 N–H and O–H groups in total. The van der Waals surface area contributed by atoms with E-state index in [4.69, 9.17) is 11.6 Å². The lowest BCUT2D eigenvalue weighted by atomic mass is 10.1. The molecule has 1 aliphatic carbocycles. The molecule has 1 aliphatic heterocycles. The van der Waals surface area contributed by atoms with Gasteiger partial charge in [0.05, 0.1) is 41.4 Å². The third-order valence-corrected chi connectivity index (χ3v) is 4.37. The Labute approximate surface area is 137 Å². The summed E-state index contributed by atoms with van der Waals surface area (Å²) in [6.07, 6.45) is 11.3. The van der Waals surface area contributed by atoms with Crippen LogP contribution in [0.3, 0.4) is 0 Å². The average Bonchev–Trinajstić information content (AvgIpc) is 3.05. The van der Waals surface area contributed by atoms with Crippen LogP contribution in [0.2, 0.25) is 0 Å². The number of carbonyl (C=O) groups excluding carboxylic acids is 1. The minimum atomic E-state index is -0.00104. The number of anilines is 1. The van der Waals surface area contributed by atoms with Crippen molar-refractivity contribution in [2.24, 2.45) is 7.05 Å². The number of aromatic nitrogens is 3. The molecule has 2 aliphatic rings. The van der Waals surface area contributed by atoms with E-state index >= 15 is 0 Å². The summed E-state index contributed by atoms with van der Waals surface area (Å²) in [7, 11) is 1.86. The molecular weight excluding hydrogens is 312 g/mol. The Balaban J connectivity index is 1.80. The van der Waals surface area contributed by atoms with Crippen molar-refractivity contribution >= 4 is 34.1 Å². The number of fused-ring (bicyclic) bond motifs is 1. The van der Waals surface area contributed by atoms with Gasteiger partial charge in [0.2, 0.25) is 0 Å². The molecule has 0 spiro atoms. The predicted molar refractivity (Wildman–Crippen MR) is 89.1 cm³/mol. The topological polar surface area (TPSA) is 51.0 Å². The Bertz CT molecular complexity index is 960. The second kappa shape index (κ2) is 5.23. The number of nitrogens with zero attached hydrogens (tertiary/aromatic N) is 4. The molecule has 0 saturated heterocycles. The van der Waals surface area contributed by atoms with Crippen LogP contribution in [0.15, 0.2) is 58.7 Å². The summed E-state index contributed by atoms with van der Waals surface area (Å²) in [5.41, 5.74) is 6.38.